The summed E-state index contributed by atoms with van der Waals surface area (Å²) >= 11 is 1.25. The second kappa shape index (κ2) is 6.69. The molecule has 1 N–H and O–H groups in total. The van der Waals surface area contributed by atoms with E-state index in [4.69, 9.17) is 4.74 Å². The number of benzene rings is 1. The van der Waals surface area contributed by atoms with Gasteiger partial charge >= 0.3 is 0 Å². The van der Waals surface area contributed by atoms with Gasteiger partial charge in [-0.3, -0.25) is 4.79 Å². The summed E-state index contributed by atoms with van der Waals surface area (Å²) in [6.07, 6.45) is 4.48. The van der Waals surface area contributed by atoms with Crippen molar-refractivity contribution in [2.45, 2.75) is 43.5 Å². The minimum absolute atomic E-state index is 0.0435. The van der Waals surface area contributed by atoms with Crippen LogP contribution in [-0.2, 0) is 0 Å². The van der Waals surface area contributed by atoms with E-state index in [1.807, 2.05) is 24.3 Å². The number of nitrogens with one attached hydrogen (secondary N) is 1. The van der Waals surface area contributed by atoms with E-state index >= 15 is 0 Å². The zero-order valence-electron chi connectivity index (χ0n) is 10.6. The summed E-state index contributed by atoms with van der Waals surface area (Å²) in [6, 6.07) is 8.08. The molecular weight excluding hydrogens is 246 g/mol. The molecular formula is C14H19NO2S. The van der Waals surface area contributed by atoms with E-state index in [0.29, 0.717) is 6.04 Å². The van der Waals surface area contributed by atoms with Crippen molar-refractivity contribution in [1.82, 2.24) is 5.32 Å². The maximum Gasteiger partial charge on any atom is 0.284 e. The van der Waals surface area contributed by atoms with E-state index in [2.05, 4.69) is 12.2 Å². The predicted molar refractivity (Wildman–Crippen MR) is 74.3 cm³/mol. The predicted octanol–water partition coefficient (Wildman–Crippen LogP) is 3.83. The lowest BCUT2D eigenvalue weighted by Crippen LogP contribution is -2.37. The van der Waals surface area contributed by atoms with Crippen LogP contribution in [0.4, 0.5) is 4.79 Å². The number of carbonyl (C=O) groups excluding carboxylic acids is 1. The first-order valence-electron chi connectivity index (χ1n) is 6.49. The van der Waals surface area contributed by atoms with Crippen LogP contribution in [-0.4, -0.2) is 17.9 Å². The Labute approximate surface area is 112 Å². The molecule has 0 bridgehead atoms. The van der Waals surface area contributed by atoms with Crippen LogP contribution in [0.2, 0.25) is 0 Å². The van der Waals surface area contributed by atoms with E-state index in [9.17, 15) is 4.79 Å². The molecule has 1 aromatic rings. The summed E-state index contributed by atoms with van der Waals surface area (Å²) in [4.78, 5) is 12.6. The average Bonchev–Trinajstić information content (AvgIpc) is 2.33. The maximum absolute atomic E-state index is 11.7. The van der Waals surface area contributed by atoms with Crippen LogP contribution in [0, 0.1) is 0 Å². The van der Waals surface area contributed by atoms with Crippen LogP contribution in [0.1, 0.15) is 32.6 Å². The van der Waals surface area contributed by atoms with E-state index < -0.39 is 0 Å². The second-order valence-corrected chi connectivity index (χ2v) is 5.53. The van der Waals surface area contributed by atoms with Crippen molar-refractivity contribution in [3.8, 4) is 5.75 Å². The van der Waals surface area contributed by atoms with Crippen molar-refractivity contribution in [1.29, 1.82) is 0 Å². The van der Waals surface area contributed by atoms with Gasteiger partial charge in [0.25, 0.3) is 5.24 Å². The van der Waals surface area contributed by atoms with Gasteiger partial charge in [-0.1, -0.05) is 6.92 Å². The topological polar surface area (TPSA) is 38.3 Å². The van der Waals surface area contributed by atoms with Gasteiger partial charge in [0.1, 0.15) is 5.75 Å². The number of hydrogen-bond acceptors (Lipinski definition) is 3. The van der Waals surface area contributed by atoms with Gasteiger partial charge in [-0.2, -0.15) is 0 Å². The van der Waals surface area contributed by atoms with Gasteiger partial charge in [-0.05, 0) is 61.7 Å². The van der Waals surface area contributed by atoms with Gasteiger partial charge in [-0.25, -0.2) is 0 Å². The Morgan fingerprint density at radius 1 is 1.39 bits per heavy atom. The lowest BCUT2D eigenvalue weighted by atomic mass is 9.94. The van der Waals surface area contributed by atoms with Gasteiger partial charge in [0.15, 0.2) is 0 Å². The van der Waals surface area contributed by atoms with Gasteiger partial charge in [0.2, 0.25) is 0 Å². The van der Waals surface area contributed by atoms with Crippen molar-refractivity contribution in [2.75, 3.05) is 6.61 Å². The minimum Gasteiger partial charge on any atom is -0.494 e. The molecule has 0 spiro atoms. The zero-order chi connectivity index (χ0) is 12.8. The molecule has 18 heavy (non-hydrogen) atoms. The number of carbonyl (C=O) groups is 1. The van der Waals surface area contributed by atoms with Crippen molar-refractivity contribution < 1.29 is 9.53 Å². The van der Waals surface area contributed by atoms with E-state index in [1.54, 1.807) is 0 Å². The number of hydrogen-bond donors (Lipinski definition) is 1. The molecule has 0 unspecified atom stereocenters. The van der Waals surface area contributed by atoms with Crippen molar-refractivity contribution in [2.24, 2.45) is 0 Å². The fraction of sp³-hybridized carbons (Fsp3) is 0.500. The second-order valence-electron chi connectivity index (χ2n) is 4.48. The van der Waals surface area contributed by atoms with Crippen LogP contribution in [0.3, 0.4) is 0 Å². The smallest absolute Gasteiger partial charge is 0.284 e. The first-order chi connectivity index (χ1) is 8.78. The molecule has 98 valence electrons. The van der Waals surface area contributed by atoms with Crippen LogP contribution in [0.25, 0.3) is 0 Å². The lowest BCUT2D eigenvalue weighted by molar-refractivity contribution is 0.249. The minimum atomic E-state index is 0.0435. The Morgan fingerprint density at radius 3 is 2.67 bits per heavy atom. The fourth-order valence-electron chi connectivity index (χ4n) is 1.68. The quantitative estimate of drug-likeness (QED) is 0.822. The van der Waals surface area contributed by atoms with E-state index in [-0.39, 0.29) is 5.24 Å². The Hall–Kier alpha value is -1.16. The molecule has 0 heterocycles. The standard InChI is InChI=1S/C14H19NO2S/c1-2-10-17-12-6-8-13(9-7-12)18-14(16)15-11-4-3-5-11/h6-9,11H,2-5,10H2,1H3,(H,15,16). The molecule has 1 amide bonds. The highest BCUT2D eigenvalue weighted by molar-refractivity contribution is 8.13. The summed E-state index contributed by atoms with van der Waals surface area (Å²) in [5, 5.41) is 3.05. The Morgan fingerprint density at radius 2 is 2.11 bits per heavy atom. The number of rotatable bonds is 5. The number of ether oxygens (including phenoxy) is 1. The third-order valence-electron chi connectivity index (χ3n) is 2.93. The molecule has 1 fully saturated rings. The maximum atomic E-state index is 11.7. The average molecular weight is 265 g/mol. The van der Waals surface area contributed by atoms with Crippen LogP contribution in [0.15, 0.2) is 29.2 Å². The van der Waals surface area contributed by atoms with Gasteiger partial charge in [0, 0.05) is 10.9 Å². The highest BCUT2D eigenvalue weighted by Gasteiger charge is 2.19. The third-order valence-corrected chi connectivity index (χ3v) is 3.75. The molecule has 1 aromatic carbocycles. The Balaban J connectivity index is 1.79. The highest BCUT2D eigenvalue weighted by atomic mass is 32.2. The van der Waals surface area contributed by atoms with Gasteiger partial charge in [0.05, 0.1) is 6.61 Å². The molecule has 0 saturated heterocycles. The van der Waals surface area contributed by atoms with Gasteiger partial charge in [-0.15, -0.1) is 0 Å². The Kier molecular flexibility index (Phi) is 4.93. The van der Waals surface area contributed by atoms with Crippen molar-refractivity contribution in [3.63, 3.8) is 0 Å². The molecule has 0 aromatic heterocycles. The highest BCUT2D eigenvalue weighted by Crippen LogP contribution is 2.24. The summed E-state index contributed by atoms with van der Waals surface area (Å²) in [6.45, 7) is 2.81. The molecule has 1 aliphatic carbocycles. The first kappa shape index (κ1) is 13.3. The molecule has 4 heteroatoms. The van der Waals surface area contributed by atoms with Crippen LogP contribution in [0.5, 0.6) is 5.75 Å². The fourth-order valence-corrected chi connectivity index (χ4v) is 2.39. The van der Waals surface area contributed by atoms with Crippen molar-refractivity contribution >= 4 is 17.0 Å². The summed E-state index contributed by atoms with van der Waals surface area (Å²) in [5.41, 5.74) is 0. The largest absolute Gasteiger partial charge is 0.494 e. The van der Waals surface area contributed by atoms with Gasteiger partial charge < -0.3 is 10.1 Å². The van der Waals surface area contributed by atoms with E-state index in [1.165, 1.54) is 18.2 Å². The molecule has 2 rings (SSSR count). The molecule has 0 aliphatic heterocycles. The van der Waals surface area contributed by atoms with E-state index in [0.717, 1.165) is 36.5 Å². The number of amides is 1. The summed E-state index contributed by atoms with van der Waals surface area (Å²) in [5.74, 6) is 0.862. The monoisotopic (exact) mass is 265 g/mol. The number of thioether (sulfide) groups is 1. The molecule has 0 atom stereocenters. The SMILES string of the molecule is CCCOc1ccc(SC(=O)NC2CCC2)cc1. The normalized spacial score (nSPS) is 14.9. The lowest BCUT2D eigenvalue weighted by Gasteiger charge is -2.25. The Bertz CT molecular complexity index is 387. The van der Waals surface area contributed by atoms with Crippen molar-refractivity contribution in [3.05, 3.63) is 24.3 Å². The molecule has 3 nitrogen and oxygen atoms in total. The third kappa shape index (κ3) is 3.95. The first-order valence-corrected chi connectivity index (χ1v) is 7.31. The zero-order valence-corrected chi connectivity index (χ0v) is 11.5. The molecule has 0 radical (unpaired) electrons. The summed E-state index contributed by atoms with van der Waals surface area (Å²) < 4.78 is 5.50. The van der Waals surface area contributed by atoms with Crippen LogP contribution >= 0.6 is 11.8 Å². The molecule has 1 aliphatic rings. The summed E-state index contributed by atoms with van der Waals surface area (Å²) in [7, 11) is 0. The van der Waals surface area contributed by atoms with Crippen LogP contribution < -0.4 is 10.1 Å². The molecule has 1 saturated carbocycles.